The second-order valence-electron chi connectivity index (χ2n) is 5.66. The van der Waals surface area contributed by atoms with Gasteiger partial charge in [0.1, 0.15) is 11.4 Å². The molecule has 0 amide bonds. The van der Waals surface area contributed by atoms with Crippen LogP contribution >= 0.6 is 0 Å². The molecule has 0 atom stereocenters. The number of hydrogen-bond acceptors (Lipinski definition) is 4. The molecule has 0 saturated carbocycles. The van der Waals surface area contributed by atoms with Gasteiger partial charge < -0.3 is 20.2 Å². The fourth-order valence-electron chi connectivity index (χ4n) is 2.90. The van der Waals surface area contributed by atoms with Gasteiger partial charge in [0.25, 0.3) is 0 Å². The van der Waals surface area contributed by atoms with Gasteiger partial charge in [-0.3, -0.25) is 9.59 Å². The number of hydrogen-bond donors (Lipinski definition) is 4. The number of benzene rings is 1. The van der Waals surface area contributed by atoms with Crippen molar-refractivity contribution in [3.05, 3.63) is 55.6 Å². The summed E-state index contributed by atoms with van der Waals surface area (Å²) in [5.74, 6) is -2.61. The number of aryl methyl sites for hydroxylation is 1. The SMILES string of the molecule is CCCc1cc2c(=O)cc(C(=O)O)[nH]c2c2c(=O)cc(C(=O)O)[nH]c12. The zero-order valence-corrected chi connectivity index (χ0v) is 13.2. The van der Waals surface area contributed by atoms with Crippen molar-refractivity contribution in [2.75, 3.05) is 0 Å². The Morgan fingerprint density at radius 1 is 0.920 bits per heavy atom. The molecule has 4 N–H and O–H groups in total. The van der Waals surface area contributed by atoms with E-state index in [0.717, 1.165) is 12.1 Å². The molecule has 128 valence electrons. The highest BCUT2D eigenvalue weighted by Crippen LogP contribution is 2.24. The van der Waals surface area contributed by atoms with Crippen molar-refractivity contribution < 1.29 is 19.8 Å². The molecule has 2 heterocycles. The minimum Gasteiger partial charge on any atom is -0.477 e. The molecular weight excluding hydrogens is 328 g/mol. The van der Waals surface area contributed by atoms with Gasteiger partial charge in [0.2, 0.25) is 0 Å². The van der Waals surface area contributed by atoms with Crippen molar-refractivity contribution in [3.63, 3.8) is 0 Å². The normalized spacial score (nSPS) is 11.1. The first kappa shape index (κ1) is 16.4. The quantitative estimate of drug-likeness (QED) is 0.532. The van der Waals surface area contributed by atoms with Crippen LogP contribution in [0.25, 0.3) is 21.8 Å². The van der Waals surface area contributed by atoms with Crippen LogP contribution in [0, 0.1) is 0 Å². The van der Waals surface area contributed by atoms with E-state index in [-0.39, 0.29) is 33.2 Å². The molecule has 0 aliphatic carbocycles. The smallest absolute Gasteiger partial charge is 0.352 e. The van der Waals surface area contributed by atoms with Crippen molar-refractivity contribution in [2.24, 2.45) is 0 Å². The third-order valence-corrected chi connectivity index (χ3v) is 3.97. The number of nitrogens with one attached hydrogen (secondary N) is 2. The van der Waals surface area contributed by atoms with Crippen molar-refractivity contribution in [3.8, 4) is 0 Å². The monoisotopic (exact) mass is 342 g/mol. The summed E-state index contributed by atoms with van der Waals surface area (Å²) < 4.78 is 0. The van der Waals surface area contributed by atoms with Crippen LogP contribution in [0.15, 0.2) is 27.8 Å². The van der Waals surface area contributed by atoms with E-state index < -0.39 is 22.8 Å². The third kappa shape index (κ3) is 2.67. The average molecular weight is 342 g/mol. The van der Waals surface area contributed by atoms with E-state index in [1.807, 2.05) is 6.92 Å². The van der Waals surface area contributed by atoms with E-state index in [1.165, 1.54) is 0 Å². The lowest BCUT2D eigenvalue weighted by molar-refractivity contribution is 0.0680. The highest BCUT2D eigenvalue weighted by Gasteiger charge is 2.17. The summed E-state index contributed by atoms with van der Waals surface area (Å²) >= 11 is 0. The largest absolute Gasteiger partial charge is 0.477 e. The molecule has 25 heavy (non-hydrogen) atoms. The van der Waals surface area contributed by atoms with E-state index in [9.17, 15) is 19.2 Å². The number of rotatable bonds is 4. The second kappa shape index (κ2) is 5.90. The summed E-state index contributed by atoms with van der Waals surface area (Å²) in [7, 11) is 0. The number of pyridine rings is 2. The van der Waals surface area contributed by atoms with Crippen LogP contribution in [0.4, 0.5) is 0 Å². The Labute approximate surface area is 139 Å². The standard InChI is InChI=1S/C17H14N2O6/c1-2-3-7-4-8-11(20)5-9(16(22)23)19-15(8)13-12(21)6-10(17(24)25)18-14(7)13/h4-6H,2-3H2,1H3,(H,18,21)(H,19,20)(H,22,23)(H,24,25). The van der Waals surface area contributed by atoms with Gasteiger partial charge in [0.15, 0.2) is 10.9 Å². The maximum atomic E-state index is 12.5. The Morgan fingerprint density at radius 2 is 1.48 bits per heavy atom. The Balaban J connectivity index is 2.59. The molecule has 2 aromatic heterocycles. The predicted octanol–water partition coefficient (Wildman–Crippen LogP) is 1.72. The fraction of sp³-hybridized carbons (Fsp3) is 0.176. The molecule has 0 bridgehead atoms. The predicted molar refractivity (Wildman–Crippen MR) is 90.6 cm³/mol. The molecule has 0 aliphatic rings. The minimum absolute atomic E-state index is 0.0751. The lowest BCUT2D eigenvalue weighted by atomic mass is 10.00. The van der Waals surface area contributed by atoms with Gasteiger partial charge in [-0.05, 0) is 18.1 Å². The molecule has 3 aromatic rings. The Bertz CT molecular complexity index is 1160. The van der Waals surface area contributed by atoms with E-state index in [1.54, 1.807) is 6.07 Å². The summed E-state index contributed by atoms with van der Waals surface area (Å²) in [5, 5.41) is 18.6. The number of carboxylic acids is 2. The first-order chi connectivity index (χ1) is 11.8. The summed E-state index contributed by atoms with van der Waals surface area (Å²) in [4.78, 5) is 52.5. The van der Waals surface area contributed by atoms with Crippen LogP contribution in [-0.2, 0) is 6.42 Å². The lowest BCUT2D eigenvalue weighted by Crippen LogP contribution is -2.15. The van der Waals surface area contributed by atoms with Crippen LogP contribution in [0.3, 0.4) is 0 Å². The van der Waals surface area contributed by atoms with Crippen molar-refractivity contribution in [1.82, 2.24) is 9.97 Å². The number of H-pyrrole nitrogens is 2. The zero-order chi connectivity index (χ0) is 18.3. The second-order valence-corrected chi connectivity index (χ2v) is 5.66. The highest BCUT2D eigenvalue weighted by molar-refractivity contribution is 6.07. The number of aromatic nitrogens is 2. The highest BCUT2D eigenvalue weighted by atomic mass is 16.4. The molecule has 0 unspecified atom stereocenters. The van der Waals surface area contributed by atoms with Crippen LogP contribution in [0.2, 0.25) is 0 Å². The minimum atomic E-state index is -1.33. The number of aromatic carboxylic acids is 2. The van der Waals surface area contributed by atoms with Gasteiger partial charge in [-0.15, -0.1) is 0 Å². The molecule has 8 nitrogen and oxygen atoms in total. The molecular formula is C17H14N2O6. The Kier molecular flexibility index (Phi) is 3.88. The van der Waals surface area contributed by atoms with Crippen LogP contribution in [0.5, 0.6) is 0 Å². The summed E-state index contributed by atoms with van der Waals surface area (Å²) in [6.07, 6.45) is 1.23. The number of aromatic amines is 2. The Hall–Kier alpha value is -3.42. The van der Waals surface area contributed by atoms with Gasteiger partial charge >= 0.3 is 11.9 Å². The first-order valence-electron chi connectivity index (χ1n) is 7.56. The van der Waals surface area contributed by atoms with Gasteiger partial charge in [-0.25, -0.2) is 9.59 Å². The molecule has 0 fully saturated rings. The van der Waals surface area contributed by atoms with Gasteiger partial charge in [-0.1, -0.05) is 13.3 Å². The molecule has 8 heteroatoms. The number of carbonyl (C=O) groups is 2. The molecule has 0 aliphatic heterocycles. The fourth-order valence-corrected chi connectivity index (χ4v) is 2.90. The maximum absolute atomic E-state index is 12.5. The van der Waals surface area contributed by atoms with Crippen molar-refractivity contribution >= 4 is 33.7 Å². The molecule has 3 rings (SSSR count). The van der Waals surface area contributed by atoms with Crippen LogP contribution < -0.4 is 10.9 Å². The average Bonchev–Trinajstić information content (AvgIpc) is 2.55. The summed E-state index contributed by atoms with van der Waals surface area (Å²) in [6.45, 7) is 1.91. The topological polar surface area (TPSA) is 140 Å². The maximum Gasteiger partial charge on any atom is 0.352 e. The van der Waals surface area contributed by atoms with Gasteiger partial charge in [0.05, 0.1) is 16.4 Å². The summed E-state index contributed by atoms with van der Waals surface area (Å²) in [5.41, 5.74) is -0.747. The van der Waals surface area contributed by atoms with E-state index >= 15 is 0 Å². The van der Waals surface area contributed by atoms with Crippen LogP contribution in [0.1, 0.15) is 39.9 Å². The molecule has 1 aromatic carbocycles. The Morgan fingerprint density at radius 3 is 2.04 bits per heavy atom. The first-order valence-corrected chi connectivity index (χ1v) is 7.56. The van der Waals surface area contributed by atoms with Gasteiger partial charge in [0, 0.05) is 17.5 Å². The van der Waals surface area contributed by atoms with E-state index in [2.05, 4.69) is 9.97 Å². The molecule has 0 radical (unpaired) electrons. The van der Waals surface area contributed by atoms with Crippen molar-refractivity contribution in [2.45, 2.75) is 19.8 Å². The van der Waals surface area contributed by atoms with Crippen molar-refractivity contribution in [1.29, 1.82) is 0 Å². The third-order valence-electron chi connectivity index (χ3n) is 3.97. The summed E-state index contributed by atoms with van der Waals surface area (Å²) in [6, 6.07) is 3.45. The van der Waals surface area contributed by atoms with E-state index in [4.69, 9.17) is 10.2 Å². The lowest BCUT2D eigenvalue weighted by Gasteiger charge is -2.11. The number of fused-ring (bicyclic) bond motifs is 3. The van der Waals surface area contributed by atoms with Gasteiger partial charge in [-0.2, -0.15) is 0 Å². The molecule has 0 saturated heterocycles. The van der Waals surface area contributed by atoms with E-state index in [0.29, 0.717) is 18.4 Å². The van der Waals surface area contributed by atoms with Crippen LogP contribution in [-0.4, -0.2) is 32.1 Å². The molecule has 0 spiro atoms. The number of carboxylic acid groups (broad SMARTS) is 2. The zero-order valence-electron chi connectivity index (χ0n) is 13.2.